The van der Waals surface area contributed by atoms with E-state index in [-0.39, 0.29) is 43.4 Å². The number of fused-ring (bicyclic) bond motifs is 3. The Bertz CT molecular complexity index is 1040. The molecular weight excluding hydrogens is 444 g/mol. The fourth-order valence-electron chi connectivity index (χ4n) is 5.31. The molecule has 3 atom stereocenters. The molecule has 0 bridgehead atoms. The number of carboxylic acid groups (broad SMARTS) is 1. The second kappa shape index (κ2) is 10.9. The number of benzene rings is 2. The van der Waals surface area contributed by atoms with Crippen molar-refractivity contribution in [3.8, 4) is 11.1 Å². The Kier molecular flexibility index (Phi) is 7.73. The van der Waals surface area contributed by atoms with Crippen molar-refractivity contribution in [3.63, 3.8) is 0 Å². The summed E-state index contributed by atoms with van der Waals surface area (Å²) < 4.78 is 5.67. The lowest BCUT2D eigenvalue weighted by Gasteiger charge is -2.23. The smallest absolute Gasteiger partial charge is 0.407 e. The molecule has 0 aromatic heterocycles. The second-order valence-corrected chi connectivity index (χ2v) is 9.73. The predicted molar refractivity (Wildman–Crippen MR) is 133 cm³/mol. The van der Waals surface area contributed by atoms with Crippen molar-refractivity contribution in [2.24, 2.45) is 11.8 Å². The van der Waals surface area contributed by atoms with E-state index in [1.165, 1.54) is 11.1 Å². The Balaban J connectivity index is 1.36. The molecule has 1 aliphatic carbocycles. The molecule has 186 valence electrons. The Morgan fingerprint density at radius 1 is 1.06 bits per heavy atom. The third-order valence-corrected chi connectivity index (χ3v) is 7.28. The molecule has 2 N–H and O–H groups in total. The van der Waals surface area contributed by atoms with Crippen LogP contribution >= 0.6 is 0 Å². The van der Waals surface area contributed by atoms with Gasteiger partial charge in [-0.3, -0.25) is 9.59 Å². The number of hydrogen-bond acceptors (Lipinski definition) is 4. The van der Waals surface area contributed by atoms with Gasteiger partial charge in [-0.05, 0) is 34.6 Å². The summed E-state index contributed by atoms with van der Waals surface area (Å²) in [5, 5.41) is 12.3. The summed E-state index contributed by atoms with van der Waals surface area (Å²) in [6, 6.07) is 16.0. The lowest BCUT2D eigenvalue weighted by molar-refractivity contribution is -0.142. The van der Waals surface area contributed by atoms with Crippen LogP contribution < -0.4 is 5.32 Å². The highest BCUT2D eigenvalue weighted by Gasteiger charge is 2.37. The molecule has 2 amide bonds. The number of nitrogens with one attached hydrogen (secondary N) is 1. The maximum absolute atomic E-state index is 12.9. The largest absolute Gasteiger partial charge is 0.481 e. The number of aliphatic carboxylic acids is 1. The van der Waals surface area contributed by atoms with Crippen LogP contribution in [0, 0.1) is 11.8 Å². The number of carbonyl (C=O) groups is 3. The van der Waals surface area contributed by atoms with Gasteiger partial charge in [0.15, 0.2) is 0 Å². The summed E-state index contributed by atoms with van der Waals surface area (Å²) in [5.41, 5.74) is 4.64. The lowest BCUT2D eigenvalue weighted by atomic mass is 9.98. The van der Waals surface area contributed by atoms with E-state index >= 15 is 0 Å². The molecule has 1 saturated heterocycles. The second-order valence-electron chi connectivity index (χ2n) is 9.73. The van der Waals surface area contributed by atoms with Crippen LogP contribution in [0.1, 0.15) is 56.6 Å². The zero-order chi connectivity index (χ0) is 24.9. The minimum atomic E-state index is -0.868. The molecule has 0 radical (unpaired) electrons. The Hall–Kier alpha value is -3.35. The van der Waals surface area contributed by atoms with E-state index in [1.807, 2.05) is 31.2 Å². The third kappa shape index (κ3) is 5.50. The van der Waals surface area contributed by atoms with Gasteiger partial charge in [0.1, 0.15) is 6.61 Å². The van der Waals surface area contributed by atoms with Gasteiger partial charge in [0.25, 0.3) is 0 Å². The zero-order valence-electron chi connectivity index (χ0n) is 20.4. The maximum atomic E-state index is 12.9. The summed E-state index contributed by atoms with van der Waals surface area (Å²) in [7, 11) is 0. The van der Waals surface area contributed by atoms with E-state index < -0.39 is 18.0 Å². The fourth-order valence-corrected chi connectivity index (χ4v) is 5.31. The van der Waals surface area contributed by atoms with E-state index in [9.17, 15) is 19.5 Å². The molecule has 0 saturated carbocycles. The van der Waals surface area contributed by atoms with Gasteiger partial charge in [-0.25, -0.2) is 4.79 Å². The van der Waals surface area contributed by atoms with Crippen LogP contribution in [0.5, 0.6) is 0 Å². The molecule has 1 aliphatic heterocycles. The minimum absolute atomic E-state index is 0.0251. The molecule has 7 nitrogen and oxygen atoms in total. The fraction of sp³-hybridized carbons (Fsp3) is 0.464. The van der Waals surface area contributed by atoms with Crippen molar-refractivity contribution in [1.82, 2.24) is 10.2 Å². The standard InChI is InChI=1S/C28H34N2O5/c1-3-4-9-19(14-26(31)30-15-18(2)24(16-30)27(32)33)29-28(34)35-17-25-22-12-7-5-10-20(22)21-11-6-8-13-23(21)25/h5-8,10-13,18-19,24-25H,3-4,9,14-17H2,1-2H3,(H,29,34)(H,32,33)/t18?,19-,24?/m0/s1. The van der Waals surface area contributed by atoms with Crippen molar-refractivity contribution in [1.29, 1.82) is 0 Å². The number of alkyl carbamates (subject to hydrolysis) is 1. The summed E-state index contributed by atoms with van der Waals surface area (Å²) in [6.07, 6.45) is 2.09. The Morgan fingerprint density at radius 3 is 2.26 bits per heavy atom. The number of unbranched alkanes of at least 4 members (excludes halogenated alkanes) is 1. The molecule has 35 heavy (non-hydrogen) atoms. The number of carboxylic acids is 1. The van der Waals surface area contributed by atoms with Gasteiger partial charge < -0.3 is 20.1 Å². The summed E-state index contributed by atoms with van der Waals surface area (Å²) >= 11 is 0. The topological polar surface area (TPSA) is 95.9 Å². The van der Waals surface area contributed by atoms with Crippen LogP contribution in [0.4, 0.5) is 4.79 Å². The monoisotopic (exact) mass is 478 g/mol. The molecule has 2 aromatic rings. The van der Waals surface area contributed by atoms with Gasteiger partial charge in [0, 0.05) is 31.5 Å². The number of rotatable bonds is 9. The van der Waals surface area contributed by atoms with Crippen LogP contribution in [-0.4, -0.2) is 53.7 Å². The van der Waals surface area contributed by atoms with E-state index in [2.05, 4.69) is 36.5 Å². The number of hydrogen-bond donors (Lipinski definition) is 2. The van der Waals surface area contributed by atoms with E-state index in [0.717, 1.165) is 24.0 Å². The average molecular weight is 479 g/mol. The molecule has 4 rings (SSSR count). The van der Waals surface area contributed by atoms with Gasteiger partial charge in [-0.1, -0.05) is 75.2 Å². The first-order chi connectivity index (χ1) is 16.9. The van der Waals surface area contributed by atoms with Crippen LogP contribution in [0.3, 0.4) is 0 Å². The first-order valence-corrected chi connectivity index (χ1v) is 12.5. The molecule has 2 aliphatic rings. The quantitative estimate of drug-likeness (QED) is 0.547. The van der Waals surface area contributed by atoms with Crippen LogP contribution in [-0.2, 0) is 14.3 Å². The van der Waals surface area contributed by atoms with Gasteiger partial charge in [0.2, 0.25) is 5.91 Å². The third-order valence-electron chi connectivity index (χ3n) is 7.28. The Labute approximate surface area is 206 Å². The number of nitrogens with zero attached hydrogens (tertiary/aromatic N) is 1. The van der Waals surface area contributed by atoms with E-state index in [0.29, 0.717) is 13.0 Å². The summed E-state index contributed by atoms with van der Waals surface area (Å²) in [5.74, 6) is -1.64. The van der Waals surface area contributed by atoms with Crippen molar-refractivity contribution in [2.45, 2.75) is 51.5 Å². The predicted octanol–water partition coefficient (Wildman–Crippen LogP) is 4.65. The van der Waals surface area contributed by atoms with Crippen molar-refractivity contribution < 1.29 is 24.2 Å². The molecule has 1 heterocycles. The van der Waals surface area contributed by atoms with Gasteiger partial charge in [-0.15, -0.1) is 0 Å². The van der Waals surface area contributed by atoms with E-state index in [1.54, 1.807) is 4.90 Å². The molecule has 2 aromatic carbocycles. The highest BCUT2D eigenvalue weighted by molar-refractivity contribution is 5.81. The minimum Gasteiger partial charge on any atom is -0.481 e. The van der Waals surface area contributed by atoms with Crippen molar-refractivity contribution >= 4 is 18.0 Å². The highest BCUT2D eigenvalue weighted by Crippen LogP contribution is 2.44. The molecule has 7 heteroatoms. The average Bonchev–Trinajstić information content (AvgIpc) is 3.39. The van der Waals surface area contributed by atoms with Gasteiger partial charge >= 0.3 is 12.1 Å². The molecule has 2 unspecified atom stereocenters. The van der Waals surface area contributed by atoms with Gasteiger partial charge in [-0.2, -0.15) is 0 Å². The number of carbonyl (C=O) groups excluding carboxylic acids is 2. The van der Waals surface area contributed by atoms with Crippen molar-refractivity contribution in [2.75, 3.05) is 19.7 Å². The summed E-state index contributed by atoms with van der Waals surface area (Å²) in [4.78, 5) is 38.7. The molecule has 0 spiro atoms. The van der Waals surface area contributed by atoms with Crippen LogP contribution in [0.15, 0.2) is 48.5 Å². The van der Waals surface area contributed by atoms with Crippen LogP contribution in [0.25, 0.3) is 11.1 Å². The first kappa shape index (κ1) is 24.8. The number of likely N-dealkylation sites (tertiary alicyclic amines) is 1. The van der Waals surface area contributed by atoms with Crippen molar-refractivity contribution in [3.05, 3.63) is 59.7 Å². The Morgan fingerprint density at radius 2 is 1.69 bits per heavy atom. The molecule has 1 fully saturated rings. The number of amides is 2. The maximum Gasteiger partial charge on any atom is 0.407 e. The number of ether oxygens (including phenoxy) is 1. The first-order valence-electron chi connectivity index (χ1n) is 12.5. The SMILES string of the molecule is CCCC[C@@H](CC(=O)N1CC(C)C(C(=O)O)C1)NC(=O)OCC1c2ccccc2-c2ccccc21. The van der Waals surface area contributed by atoms with Gasteiger partial charge in [0.05, 0.1) is 5.92 Å². The highest BCUT2D eigenvalue weighted by atomic mass is 16.5. The summed E-state index contributed by atoms with van der Waals surface area (Å²) in [6.45, 7) is 4.79. The van der Waals surface area contributed by atoms with E-state index in [4.69, 9.17) is 4.74 Å². The normalized spacial score (nSPS) is 19.7. The van der Waals surface area contributed by atoms with Crippen LogP contribution in [0.2, 0.25) is 0 Å². The molecular formula is C28H34N2O5. The lowest BCUT2D eigenvalue weighted by Crippen LogP contribution is -2.41. The zero-order valence-corrected chi connectivity index (χ0v) is 20.4.